The van der Waals surface area contributed by atoms with Crippen molar-refractivity contribution in [3.05, 3.63) is 113 Å². The highest BCUT2D eigenvalue weighted by Crippen LogP contribution is 2.36. The van der Waals surface area contributed by atoms with Crippen LogP contribution in [0.3, 0.4) is 0 Å². The number of halogens is 4. The number of amides is 1. The third kappa shape index (κ3) is 8.06. The summed E-state index contributed by atoms with van der Waals surface area (Å²) in [5, 5.41) is 4.26. The van der Waals surface area contributed by atoms with Gasteiger partial charge in [0.25, 0.3) is 0 Å². The summed E-state index contributed by atoms with van der Waals surface area (Å²) in [5.41, 5.74) is 2.19. The molecule has 1 aliphatic heterocycles. The number of carbonyl (C=O) groups is 2. The zero-order valence-electron chi connectivity index (χ0n) is 24.7. The van der Waals surface area contributed by atoms with E-state index in [0.29, 0.717) is 24.3 Å². The molecule has 12 heteroatoms. The third-order valence-corrected chi connectivity index (χ3v) is 8.78. The van der Waals surface area contributed by atoms with Crippen LogP contribution in [-0.4, -0.2) is 56.1 Å². The maximum atomic E-state index is 13.7. The number of ketones is 1. The van der Waals surface area contributed by atoms with Crippen LogP contribution in [0.25, 0.3) is 11.1 Å². The lowest BCUT2D eigenvalue weighted by molar-refractivity contribution is -0.137. The summed E-state index contributed by atoms with van der Waals surface area (Å²) in [4.78, 5) is 32.5. The molecule has 45 heavy (non-hydrogen) atoms. The number of Topliss-reactive ketones (excluding diaryl/α,β-unsaturated/α-hetero) is 1. The molecule has 0 N–H and O–H groups in total. The largest absolute Gasteiger partial charge is 0.416 e. The van der Waals surface area contributed by atoms with Gasteiger partial charge in [-0.05, 0) is 52.1 Å². The van der Waals surface area contributed by atoms with Gasteiger partial charge in [0.1, 0.15) is 11.5 Å². The topological polar surface area (TPSA) is 70.8 Å². The second-order valence-corrected chi connectivity index (χ2v) is 12.0. The second-order valence-electron chi connectivity index (χ2n) is 11.0. The first-order chi connectivity index (χ1) is 21.4. The number of nitrogens with zero attached hydrogens (tertiary/aromatic N) is 5. The lowest BCUT2D eigenvalue weighted by atomic mass is 9.95. The van der Waals surface area contributed by atoms with E-state index in [1.165, 1.54) is 42.4 Å². The van der Waals surface area contributed by atoms with Crippen molar-refractivity contribution < 1.29 is 27.2 Å². The van der Waals surface area contributed by atoms with Gasteiger partial charge in [-0.15, -0.1) is 0 Å². The van der Waals surface area contributed by atoms with E-state index in [-0.39, 0.29) is 30.5 Å². The summed E-state index contributed by atoms with van der Waals surface area (Å²) in [5.74, 6) is -0.259. The van der Waals surface area contributed by atoms with Gasteiger partial charge in [-0.1, -0.05) is 60.5 Å². The number of carbonyl (C=O) groups excluding carboxylic acids is 2. The number of aromatic nitrogens is 2. The van der Waals surface area contributed by atoms with Crippen LogP contribution in [0.2, 0.25) is 0 Å². The Kier molecular flexibility index (Phi) is 9.54. The molecule has 0 saturated carbocycles. The van der Waals surface area contributed by atoms with Gasteiger partial charge in [0.05, 0.1) is 30.9 Å². The summed E-state index contributed by atoms with van der Waals surface area (Å²) in [6.07, 6.45) is 0.780. The second kappa shape index (κ2) is 13.4. The molecule has 1 aromatic heterocycles. The summed E-state index contributed by atoms with van der Waals surface area (Å²) in [7, 11) is 3.49. The Labute approximate surface area is 262 Å². The fraction of sp³-hybridized carbons (Fsp3) is 0.273. The summed E-state index contributed by atoms with van der Waals surface area (Å²) < 4.78 is 55.8. The SMILES string of the molecule is CN(Cc1ccc(-c2ccc(C(F)(F)F)cc2)cc1)C(=O)CC1(Cc2cnn(C)c2)N=CC(=O)CN1SCc1ccc(F)cc1. The molecule has 0 saturated heterocycles. The van der Waals surface area contributed by atoms with Crippen molar-refractivity contribution in [1.82, 2.24) is 19.0 Å². The predicted octanol–water partition coefficient (Wildman–Crippen LogP) is 6.34. The van der Waals surface area contributed by atoms with E-state index in [1.807, 2.05) is 34.8 Å². The molecule has 0 fully saturated rings. The number of hydrogen-bond acceptors (Lipinski definition) is 6. The van der Waals surface area contributed by atoms with Gasteiger partial charge in [-0.25, -0.2) is 8.70 Å². The third-order valence-electron chi connectivity index (χ3n) is 7.54. The number of alkyl halides is 3. The average molecular weight is 638 g/mol. The predicted molar refractivity (Wildman–Crippen MR) is 166 cm³/mol. The molecule has 5 rings (SSSR count). The van der Waals surface area contributed by atoms with Crippen molar-refractivity contribution in [2.45, 2.75) is 37.0 Å². The molecule has 0 aliphatic carbocycles. The number of benzene rings is 3. The smallest absolute Gasteiger partial charge is 0.341 e. The zero-order valence-corrected chi connectivity index (χ0v) is 25.5. The maximum absolute atomic E-state index is 13.7. The van der Waals surface area contributed by atoms with Crippen LogP contribution in [0.1, 0.15) is 28.7 Å². The molecule has 1 aliphatic rings. The maximum Gasteiger partial charge on any atom is 0.416 e. The summed E-state index contributed by atoms with van der Waals surface area (Å²) in [6, 6.07) is 18.4. The van der Waals surface area contributed by atoms with Gasteiger partial charge in [0.2, 0.25) is 5.91 Å². The Balaban J connectivity index is 1.32. The minimum absolute atomic E-state index is 0.0117. The van der Waals surface area contributed by atoms with Gasteiger partial charge in [0, 0.05) is 39.0 Å². The van der Waals surface area contributed by atoms with E-state index in [9.17, 15) is 27.2 Å². The summed E-state index contributed by atoms with van der Waals surface area (Å²) in [6.45, 7) is 0.346. The van der Waals surface area contributed by atoms with Crippen molar-refractivity contribution in [3.63, 3.8) is 0 Å². The highest BCUT2D eigenvalue weighted by Gasteiger charge is 2.43. The van der Waals surface area contributed by atoms with Crippen molar-refractivity contribution in [2.75, 3.05) is 13.6 Å². The van der Waals surface area contributed by atoms with E-state index in [0.717, 1.165) is 34.4 Å². The zero-order chi connectivity index (χ0) is 32.2. The number of hydrogen-bond donors (Lipinski definition) is 0. The van der Waals surface area contributed by atoms with Crippen LogP contribution in [0, 0.1) is 5.82 Å². The van der Waals surface area contributed by atoms with Crippen LogP contribution < -0.4 is 0 Å². The standard InChI is InChI=1S/C33H31F4N5O2S/c1-40(19-23-3-7-26(8-4-23)27-9-11-28(12-10-27)33(35,36)37)31(44)16-32(15-25-17-39-41(2)20-25)38-18-30(43)21-42(32)45-22-24-5-13-29(34)14-6-24/h3-14,17-18,20H,15-16,19,21-22H2,1-2H3. The van der Waals surface area contributed by atoms with Crippen molar-refractivity contribution in [3.8, 4) is 11.1 Å². The molecule has 0 radical (unpaired) electrons. The van der Waals surface area contributed by atoms with Crippen LogP contribution in [0.15, 0.2) is 90.2 Å². The monoisotopic (exact) mass is 637 g/mol. The van der Waals surface area contributed by atoms with Gasteiger partial charge < -0.3 is 4.90 Å². The van der Waals surface area contributed by atoms with Crippen LogP contribution in [-0.2, 0) is 41.5 Å². The molecule has 1 unspecified atom stereocenters. The number of aliphatic imine (C=N–C) groups is 1. The molecule has 0 bridgehead atoms. The fourth-order valence-corrected chi connectivity index (χ4v) is 6.23. The molecular weight excluding hydrogens is 606 g/mol. The first kappa shape index (κ1) is 32.1. The van der Waals surface area contributed by atoms with Crippen molar-refractivity contribution >= 4 is 29.9 Å². The first-order valence-electron chi connectivity index (χ1n) is 14.1. The normalized spacial score (nSPS) is 17.1. The van der Waals surface area contributed by atoms with E-state index in [4.69, 9.17) is 0 Å². The molecule has 1 atom stereocenters. The Hall–Kier alpha value is -4.29. The van der Waals surface area contributed by atoms with E-state index in [2.05, 4.69) is 10.1 Å². The van der Waals surface area contributed by atoms with E-state index < -0.39 is 17.4 Å². The molecule has 234 valence electrons. The minimum Gasteiger partial charge on any atom is -0.341 e. The number of rotatable bonds is 10. The molecule has 2 heterocycles. The molecular formula is C33H31F4N5O2S. The van der Waals surface area contributed by atoms with Crippen molar-refractivity contribution in [2.24, 2.45) is 12.0 Å². The molecule has 4 aromatic rings. The quantitative estimate of drug-likeness (QED) is 0.150. The lowest BCUT2D eigenvalue weighted by Gasteiger charge is -2.41. The van der Waals surface area contributed by atoms with Crippen LogP contribution in [0.5, 0.6) is 0 Å². The van der Waals surface area contributed by atoms with Gasteiger partial charge in [-0.3, -0.25) is 19.3 Å². The van der Waals surface area contributed by atoms with Crippen LogP contribution in [0.4, 0.5) is 17.6 Å². The molecule has 0 spiro atoms. The minimum atomic E-state index is -4.40. The number of aryl methyl sites for hydroxylation is 1. The van der Waals surface area contributed by atoms with E-state index >= 15 is 0 Å². The Morgan fingerprint density at radius 1 is 0.956 bits per heavy atom. The Morgan fingerprint density at radius 3 is 2.18 bits per heavy atom. The van der Waals surface area contributed by atoms with Gasteiger partial charge in [-0.2, -0.15) is 18.3 Å². The first-order valence-corrected chi connectivity index (χ1v) is 15.1. The Bertz CT molecular complexity index is 1670. The van der Waals surface area contributed by atoms with Crippen molar-refractivity contribution in [1.29, 1.82) is 0 Å². The average Bonchev–Trinajstić information content (AvgIpc) is 3.42. The lowest BCUT2D eigenvalue weighted by Crippen LogP contribution is -2.53. The van der Waals surface area contributed by atoms with Gasteiger partial charge >= 0.3 is 6.18 Å². The highest BCUT2D eigenvalue weighted by atomic mass is 32.2. The molecule has 7 nitrogen and oxygen atoms in total. The van der Waals surface area contributed by atoms with Gasteiger partial charge in [0.15, 0.2) is 5.78 Å². The molecule has 1 amide bonds. The highest BCUT2D eigenvalue weighted by molar-refractivity contribution is 7.96. The Morgan fingerprint density at radius 2 is 1.58 bits per heavy atom. The summed E-state index contributed by atoms with van der Waals surface area (Å²) >= 11 is 1.37. The van der Waals surface area contributed by atoms with E-state index in [1.54, 1.807) is 42.0 Å². The van der Waals surface area contributed by atoms with Crippen LogP contribution >= 0.6 is 11.9 Å². The molecule has 3 aromatic carbocycles. The fourth-order valence-electron chi connectivity index (χ4n) is 5.10.